The quantitative estimate of drug-likeness (QED) is 0.381. The molecular weight excluding hydrogens is 90.1 g/mol. The van der Waals surface area contributed by atoms with Gasteiger partial charge in [0.25, 0.3) is 0 Å². The van der Waals surface area contributed by atoms with Crippen molar-refractivity contribution in [1.82, 2.24) is 0 Å². The van der Waals surface area contributed by atoms with E-state index in [2.05, 4.69) is 6.58 Å². The maximum Gasteiger partial charge on any atom is 0.166 e. The van der Waals surface area contributed by atoms with Crippen LogP contribution in [0.25, 0.3) is 0 Å². The first-order valence-corrected chi connectivity index (χ1v) is 1.89. The Labute approximate surface area is 42.7 Å². The molecule has 0 rings (SSSR count). The molecule has 2 nitrogen and oxygen atoms in total. The number of aliphatic hydroxyl groups is 1. The molecule has 0 unspecified atom stereocenters. The molecule has 0 aromatic rings. The van der Waals surface area contributed by atoms with Crippen LogP contribution in [-0.4, -0.2) is 10.7 Å². The topological polar surface area (TPSA) is 44.0 Å². The normalized spacial score (nSPS) is 16.7. The average Bonchev–Trinajstić information content (AvgIpc) is 1.68. The van der Waals surface area contributed by atoms with Gasteiger partial charge < -0.3 is 5.11 Å². The molecule has 7 heavy (non-hydrogen) atoms. The zero-order chi connectivity index (χ0) is 5.91. The Morgan fingerprint density at radius 1 is 2.00 bits per heavy atom. The molecule has 0 heterocycles. The predicted octanol–water partition coefficient (Wildman–Crippen LogP) is 0.447. The third kappa shape index (κ3) is 1.96. The maximum atomic E-state index is 8.65. The van der Waals surface area contributed by atoms with E-state index in [1.807, 2.05) is 0 Å². The molecule has 2 heteroatoms. The summed E-state index contributed by atoms with van der Waals surface area (Å²) in [5.74, 6) is 0. The van der Waals surface area contributed by atoms with Gasteiger partial charge in [0.15, 0.2) is 5.60 Å². The van der Waals surface area contributed by atoms with Gasteiger partial charge in [0.2, 0.25) is 0 Å². The minimum Gasteiger partial charge on any atom is -0.372 e. The van der Waals surface area contributed by atoms with Crippen LogP contribution in [0.15, 0.2) is 12.7 Å². The number of nitrogens with zero attached hydrogens (tertiary/aromatic N) is 1. The van der Waals surface area contributed by atoms with Gasteiger partial charge in [0.05, 0.1) is 0 Å². The van der Waals surface area contributed by atoms with E-state index in [-0.39, 0.29) is 0 Å². The van der Waals surface area contributed by atoms with E-state index in [0.29, 0.717) is 0 Å². The lowest BCUT2D eigenvalue weighted by Crippen LogP contribution is -2.15. The largest absolute Gasteiger partial charge is 0.372 e. The summed E-state index contributed by atoms with van der Waals surface area (Å²) in [7, 11) is 0. The van der Waals surface area contributed by atoms with Crippen molar-refractivity contribution in [2.45, 2.75) is 12.5 Å². The second-order valence-corrected chi connectivity index (χ2v) is 1.46. The molecule has 0 aliphatic heterocycles. The lowest BCUT2D eigenvalue weighted by molar-refractivity contribution is 0.172. The van der Waals surface area contributed by atoms with E-state index in [1.165, 1.54) is 13.0 Å². The third-order valence-electron chi connectivity index (χ3n) is 0.624. The van der Waals surface area contributed by atoms with Gasteiger partial charge in [-0.15, -0.1) is 0 Å². The van der Waals surface area contributed by atoms with Crippen molar-refractivity contribution in [2.24, 2.45) is 0 Å². The fraction of sp³-hybridized carbons (Fsp3) is 0.400. The molecule has 0 bridgehead atoms. The van der Waals surface area contributed by atoms with E-state index in [9.17, 15) is 0 Å². The summed E-state index contributed by atoms with van der Waals surface area (Å²) in [6.45, 7) is 4.61. The number of hydrogen-bond acceptors (Lipinski definition) is 2. The van der Waals surface area contributed by atoms with Crippen molar-refractivity contribution < 1.29 is 5.11 Å². The van der Waals surface area contributed by atoms with Gasteiger partial charge in [0.1, 0.15) is 6.07 Å². The van der Waals surface area contributed by atoms with Gasteiger partial charge in [-0.1, -0.05) is 6.58 Å². The highest BCUT2D eigenvalue weighted by Crippen LogP contribution is 1.98. The van der Waals surface area contributed by atoms with E-state index in [4.69, 9.17) is 10.4 Å². The first-order chi connectivity index (χ1) is 3.12. The van der Waals surface area contributed by atoms with Crippen LogP contribution < -0.4 is 0 Å². The molecular formula is C5H7NO. The zero-order valence-corrected chi connectivity index (χ0v) is 4.18. The van der Waals surface area contributed by atoms with Crippen molar-refractivity contribution in [3.63, 3.8) is 0 Å². The summed E-state index contributed by atoms with van der Waals surface area (Å²) in [5, 5.41) is 16.7. The summed E-state index contributed by atoms with van der Waals surface area (Å²) in [4.78, 5) is 0. The molecule has 0 amide bonds. The number of nitriles is 1. The van der Waals surface area contributed by atoms with Crippen LogP contribution in [0.4, 0.5) is 0 Å². The lowest BCUT2D eigenvalue weighted by Gasteiger charge is -2.03. The van der Waals surface area contributed by atoms with Crippen LogP contribution >= 0.6 is 0 Å². The Hall–Kier alpha value is -0.810. The summed E-state index contributed by atoms with van der Waals surface area (Å²) in [6.07, 6.45) is 1.19. The van der Waals surface area contributed by atoms with Crippen LogP contribution in [-0.2, 0) is 0 Å². The van der Waals surface area contributed by atoms with Gasteiger partial charge in [0, 0.05) is 0 Å². The standard InChI is InChI=1S/C5H7NO/c1-3-5(2,7)4-6/h3,7H,1H2,2H3/t5-/m0/s1. The van der Waals surface area contributed by atoms with Gasteiger partial charge in [-0.3, -0.25) is 0 Å². The fourth-order valence-corrected chi connectivity index (χ4v) is 0.0456. The van der Waals surface area contributed by atoms with Crippen LogP contribution in [0.2, 0.25) is 0 Å². The average molecular weight is 97.1 g/mol. The highest BCUT2D eigenvalue weighted by molar-refractivity contribution is 5.08. The molecule has 0 aromatic carbocycles. The third-order valence-corrected chi connectivity index (χ3v) is 0.624. The van der Waals surface area contributed by atoms with Crippen LogP contribution in [0.5, 0.6) is 0 Å². The smallest absolute Gasteiger partial charge is 0.166 e. The molecule has 0 radical (unpaired) electrons. The summed E-state index contributed by atoms with van der Waals surface area (Å²) in [5.41, 5.74) is -1.35. The van der Waals surface area contributed by atoms with Crippen molar-refractivity contribution in [2.75, 3.05) is 0 Å². The van der Waals surface area contributed by atoms with Crippen molar-refractivity contribution in [1.29, 1.82) is 5.26 Å². The molecule has 38 valence electrons. The minimum absolute atomic E-state index is 1.19. The van der Waals surface area contributed by atoms with E-state index >= 15 is 0 Å². The Bertz CT molecular complexity index is 110. The highest BCUT2D eigenvalue weighted by atomic mass is 16.3. The summed E-state index contributed by atoms with van der Waals surface area (Å²) < 4.78 is 0. The van der Waals surface area contributed by atoms with Gasteiger partial charge in [-0.05, 0) is 13.0 Å². The first-order valence-electron chi connectivity index (χ1n) is 1.89. The van der Waals surface area contributed by atoms with Crippen molar-refractivity contribution in [3.05, 3.63) is 12.7 Å². The fourth-order valence-electron chi connectivity index (χ4n) is 0.0456. The molecule has 0 aliphatic rings. The van der Waals surface area contributed by atoms with E-state index in [1.54, 1.807) is 6.07 Å². The first kappa shape index (κ1) is 6.19. The predicted molar refractivity (Wildman–Crippen MR) is 26.4 cm³/mol. The molecule has 0 spiro atoms. The molecule has 0 saturated heterocycles. The Morgan fingerprint density at radius 3 is 2.43 bits per heavy atom. The molecule has 0 aliphatic carbocycles. The number of hydrogen-bond donors (Lipinski definition) is 1. The molecule has 1 N–H and O–H groups in total. The van der Waals surface area contributed by atoms with E-state index in [0.717, 1.165) is 0 Å². The number of rotatable bonds is 1. The second kappa shape index (κ2) is 1.76. The van der Waals surface area contributed by atoms with Gasteiger partial charge >= 0.3 is 0 Å². The zero-order valence-electron chi connectivity index (χ0n) is 4.18. The highest BCUT2D eigenvalue weighted by Gasteiger charge is 2.10. The maximum absolute atomic E-state index is 8.65. The molecule has 1 atom stereocenters. The lowest BCUT2D eigenvalue weighted by atomic mass is 10.1. The van der Waals surface area contributed by atoms with Crippen LogP contribution in [0.1, 0.15) is 6.92 Å². The minimum atomic E-state index is -1.35. The summed E-state index contributed by atoms with van der Waals surface area (Å²) in [6, 6.07) is 1.63. The van der Waals surface area contributed by atoms with Gasteiger partial charge in [-0.2, -0.15) is 5.26 Å². The Kier molecular flexibility index (Phi) is 1.56. The van der Waals surface area contributed by atoms with Gasteiger partial charge in [-0.25, -0.2) is 0 Å². The monoisotopic (exact) mass is 97.1 g/mol. The SMILES string of the molecule is C=C[C@](C)(O)C#N. The molecule has 0 fully saturated rings. The van der Waals surface area contributed by atoms with Crippen LogP contribution in [0.3, 0.4) is 0 Å². The van der Waals surface area contributed by atoms with E-state index < -0.39 is 5.60 Å². The molecule has 0 aromatic heterocycles. The second-order valence-electron chi connectivity index (χ2n) is 1.46. The van der Waals surface area contributed by atoms with Crippen LogP contribution in [0, 0.1) is 11.3 Å². The van der Waals surface area contributed by atoms with Crippen molar-refractivity contribution in [3.8, 4) is 6.07 Å². The summed E-state index contributed by atoms with van der Waals surface area (Å²) >= 11 is 0. The Balaban J connectivity index is 3.91. The molecule has 0 saturated carbocycles. The van der Waals surface area contributed by atoms with Crippen molar-refractivity contribution >= 4 is 0 Å². The Morgan fingerprint density at radius 2 is 2.43 bits per heavy atom.